The summed E-state index contributed by atoms with van der Waals surface area (Å²) < 4.78 is 5.80. The number of fused-ring (bicyclic) bond motifs is 2. The summed E-state index contributed by atoms with van der Waals surface area (Å²) in [6.45, 7) is 1.10. The lowest BCUT2D eigenvalue weighted by Crippen LogP contribution is -2.48. The second kappa shape index (κ2) is 6.23. The number of carbonyl (C=O) groups is 2. The van der Waals surface area contributed by atoms with Crippen LogP contribution in [0.4, 0.5) is 0 Å². The Labute approximate surface area is 151 Å². The second-order valence-corrected chi connectivity index (χ2v) is 7.31. The number of hydrogen-bond acceptors (Lipinski definition) is 4. The van der Waals surface area contributed by atoms with Crippen LogP contribution in [0.1, 0.15) is 39.1 Å². The average Bonchev–Trinajstić information content (AvgIpc) is 2.93. The predicted octanol–water partition coefficient (Wildman–Crippen LogP) is 3.71. The van der Waals surface area contributed by atoms with Gasteiger partial charge in [0.25, 0.3) is 5.91 Å². The zero-order valence-corrected chi connectivity index (χ0v) is 14.8. The molecule has 2 aliphatic rings. The standard InChI is InChI=1S/C20H19NO3S/c1-25-17-10-5-3-8-15(17)18(22)21-12-6-11-20(13-21)16-9-4-2-7-14(16)19(23)24-20/h2-5,7-10H,6,11-13H2,1H3. The van der Waals surface area contributed by atoms with Crippen LogP contribution in [0, 0.1) is 0 Å². The van der Waals surface area contributed by atoms with Crippen molar-refractivity contribution in [2.75, 3.05) is 19.3 Å². The number of hydrogen-bond donors (Lipinski definition) is 0. The molecule has 2 aromatic rings. The van der Waals surface area contributed by atoms with Gasteiger partial charge in [0, 0.05) is 17.0 Å². The molecule has 1 unspecified atom stereocenters. The highest BCUT2D eigenvalue weighted by atomic mass is 32.2. The smallest absolute Gasteiger partial charge is 0.339 e. The maximum absolute atomic E-state index is 13.1. The number of likely N-dealkylation sites (tertiary alicyclic amines) is 1. The Morgan fingerprint density at radius 3 is 2.76 bits per heavy atom. The van der Waals surface area contributed by atoms with Crippen molar-refractivity contribution < 1.29 is 14.3 Å². The fourth-order valence-electron chi connectivity index (χ4n) is 3.84. The molecule has 0 radical (unpaired) electrons. The van der Waals surface area contributed by atoms with E-state index in [1.165, 1.54) is 0 Å². The first kappa shape index (κ1) is 16.2. The average molecular weight is 353 g/mol. The lowest BCUT2D eigenvalue weighted by atomic mass is 9.85. The Morgan fingerprint density at radius 2 is 1.92 bits per heavy atom. The van der Waals surface area contributed by atoms with Crippen LogP contribution in [-0.2, 0) is 10.3 Å². The van der Waals surface area contributed by atoms with Gasteiger partial charge in [0.05, 0.1) is 17.7 Å². The summed E-state index contributed by atoms with van der Waals surface area (Å²) in [5, 5.41) is 0. The van der Waals surface area contributed by atoms with Crippen LogP contribution in [0.15, 0.2) is 53.4 Å². The number of piperidine rings is 1. The molecule has 5 heteroatoms. The van der Waals surface area contributed by atoms with Gasteiger partial charge in [-0.3, -0.25) is 4.79 Å². The lowest BCUT2D eigenvalue weighted by Gasteiger charge is -2.39. The summed E-state index contributed by atoms with van der Waals surface area (Å²) >= 11 is 1.57. The molecule has 2 aliphatic heterocycles. The van der Waals surface area contributed by atoms with E-state index in [2.05, 4.69) is 0 Å². The molecule has 128 valence electrons. The van der Waals surface area contributed by atoms with E-state index in [9.17, 15) is 9.59 Å². The number of amides is 1. The Balaban J connectivity index is 1.66. The Hall–Kier alpha value is -2.27. The normalized spacial score (nSPS) is 22.0. The molecule has 0 aliphatic carbocycles. The zero-order valence-electron chi connectivity index (χ0n) is 14.0. The van der Waals surface area contributed by atoms with Crippen LogP contribution >= 0.6 is 11.8 Å². The Kier molecular flexibility index (Phi) is 4.04. The van der Waals surface area contributed by atoms with Crippen LogP contribution in [0.2, 0.25) is 0 Å². The van der Waals surface area contributed by atoms with Gasteiger partial charge in [-0.1, -0.05) is 30.3 Å². The van der Waals surface area contributed by atoms with Crippen LogP contribution in [0.5, 0.6) is 0 Å². The number of benzene rings is 2. The molecule has 25 heavy (non-hydrogen) atoms. The van der Waals surface area contributed by atoms with Gasteiger partial charge in [0.1, 0.15) is 0 Å². The zero-order chi connectivity index (χ0) is 17.4. The van der Waals surface area contributed by atoms with E-state index < -0.39 is 5.60 Å². The molecule has 1 spiro atoms. The maximum atomic E-state index is 13.1. The number of nitrogens with zero attached hydrogens (tertiary/aromatic N) is 1. The van der Waals surface area contributed by atoms with Crippen molar-refractivity contribution in [3.05, 3.63) is 65.2 Å². The summed E-state index contributed by atoms with van der Waals surface area (Å²) in [4.78, 5) is 28.1. The van der Waals surface area contributed by atoms with Crippen LogP contribution in [-0.4, -0.2) is 36.1 Å². The molecule has 0 bridgehead atoms. The highest BCUT2D eigenvalue weighted by Crippen LogP contribution is 2.43. The van der Waals surface area contributed by atoms with Crippen LogP contribution < -0.4 is 0 Å². The van der Waals surface area contributed by atoms with Gasteiger partial charge < -0.3 is 9.64 Å². The van der Waals surface area contributed by atoms with E-state index in [1.54, 1.807) is 17.8 Å². The molecule has 2 aromatic carbocycles. The third kappa shape index (κ3) is 2.63. The Bertz CT molecular complexity index is 850. The molecule has 1 fully saturated rings. The van der Waals surface area contributed by atoms with Gasteiger partial charge >= 0.3 is 5.97 Å². The van der Waals surface area contributed by atoms with E-state index in [0.717, 1.165) is 23.3 Å². The first-order valence-electron chi connectivity index (χ1n) is 8.40. The second-order valence-electron chi connectivity index (χ2n) is 6.46. The van der Waals surface area contributed by atoms with E-state index in [4.69, 9.17) is 4.74 Å². The highest BCUT2D eigenvalue weighted by molar-refractivity contribution is 7.98. The van der Waals surface area contributed by atoms with E-state index >= 15 is 0 Å². The van der Waals surface area contributed by atoms with Gasteiger partial charge in [-0.25, -0.2) is 4.79 Å². The third-order valence-corrected chi connectivity index (χ3v) is 5.80. The summed E-state index contributed by atoms with van der Waals surface area (Å²) in [5.74, 6) is -0.279. The topological polar surface area (TPSA) is 46.6 Å². The number of thioether (sulfide) groups is 1. The van der Waals surface area contributed by atoms with Crippen molar-refractivity contribution in [2.45, 2.75) is 23.3 Å². The number of ether oxygens (including phenoxy) is 1. The molecular formula is C20H19NO3S. The van der Waals surface area contributed by atoms with Crippen molar-refractivity contribution in [3.63, 3.8) is 0 Å². The summed E-state index contributed by atoms with van der Waals surface area (Å²) in [7, 11) is 0. The van der Waals surface area contributed by atoms with Crippen LogP contribution in [0.25, 0.3) is 0 Å². The maximum Gasteiger partial charge on any atom is 0.339 e. The lowest BCUT2D eigenvalue weighted by molar-refractivity contribution is -0.0442. The monoisotopic (exact) mass is 353 g/mol. The van der Waals surface area contributed by atoms with Gasteiger partial charge in [0.2, 0.25) is 0 Å². The highest BCUT2D eigenvalue weighted by Gasteiger charge is 2.48. The molecular weight excluding hydrogens is 334 g/mol. The molecule has 0 aromatic heterocycles. The van der Waals surface area contributed by atoms with E-state index in [1.807, 2.05) is 53.6 Å². The number of carbonyl (C=O) groups excluding carboxylic acids is 2. The van der Waals surface area contributed by atoms with E-state index in [-0.39, 0.29) is 11.9 Å². The minimum absolute atomic E-state index is 0.00413. The fourth-order valence-corrected chi connectivity index (χ4v) is 4.43. The molecule has 0 N–H and O–H groups in total. The largest absolute Gasteiger partial charge is 0.449 e. The van der Waals surface area contributed by atoms with Crippen molar-refractivity contribution >= 4 is 23.6 Å². The van der Waals surface area contributed by atoms with Crippen molar-refractivity contribution in [1.29, 1.82) is 0 Å². The number of rotatable bonds is 2. The molecule has 1 saturated heterocycles. The minimum Gasteiger partial charge on any atom is -0.449 e. The first-order chi connectivity index (χ1) is 12.1. The van der Waals surface area contributed by atoms with Crippen molar-refractivity contribution in [2.24, 2.45) is 0 Å². The van der Waals surface area contributed by atoms with Crippen molar-refractivity contribution in [1.82, 2.24) is 4.90 Å². The molecule has 1 amide bonds. The minimum atomic E-state index is -0.699. The van der Waals surface area contributed by atoms with Crippen LogP contribution in [0.3, 0.4) is 0 Å². The number of esters is 1. The molecule has 1 atom stereocenters. The quantitative estimate of drug-likeness (QED) is 0.610. The molecule has 4 nitrogen and oxygen atoms in total. The molecule has 4 rings (SSSR count). The SMILES string of the molecule is CSc1ccccc1C(=O)N1CCCC2(C1)OC(=O)c1ccccc12. The summed E-state index contributed by atoms with van der Waals surface area (Å²) in [5.41, 5.74) is 1.55. The summed E-state index contributed by atoms with van der Waals surface area (Å²) in [6.07, 6.45) is 3.54. The predicted molar refractivity (Wildman–Crippen MR) is 96.9 cm³/mol. The van der Waals surface area contributed by atoms with Gasteiger partial charge in [-0.15, -0.1) is 11.8 Å². The summed E-state index contributed by atoms with van der Waals surface area (Å²) in [6, 6.07) is 15.2. The van der Waals surface area contributed by atoms with Gasteiger partial charge in [-0.2, -0.15) is 0 Å². The molecule has 0 saturated carbocycles. The first-order valence-corrected chi connectivity index (χ1v) is 9.62. The van der Waals surface area contributed by atoms with Gasteiger partial charge in [0.15, 0.2) is 5.60 Å². The fraction of sp³-hybridized carbons (Fsp3) is 0.300. The molecule has 2 heterocycles. The van der Waals surface area contributed by atoms with Gasteiger partial charge in [-0.05, 0) is 37.3 Å². The van der Waals surface area contributed by atoms with E-state index in [0.29, 0.717) is 24.2 Å². The Morgan fingerprint density at radius 1 is 1.16 bits per heavy atom. The van der Waals surface area contributed by atoms with Crippen molar-refractivity contribution in [3.8, 4) is 0 Å². The third-order valence-electron chi connectivity index (χ3n) is 5.01.